The van der Waals surface area contributed by atoms with E-state index in [1.165, 1.54) is 5.56 Å². The van der Waals surface area contributed by atoms with E-state index in [1.54, 1.807) is 6.33 Å². The molecule has 124 valence electrons. The number of guanidine groups is 1. The summed E-state index contributed by atoms with van der Waals surface area (Å²) in [5, 5.41) is 11.1. The number of nitrogens with one attached hydrogen (secondary N) is 1. The van der Waals surface area contributed by atoms with Crippen LogP contribution in [0.5, 0.6) is 0 Å². The molecule has 3 rings (SSSR count). The number of para-hydroxylation sites is 1. The van der Waals surface area contributed by atoms with Crippen molar-refractivity contribution in [3.63, 3.8) is 0 Å². The first-order chi connectivity index (χ1) is 11.2. The lowest BCUT2D eigenvalue weighted by atomic mass is 10.2. The van der Waals surface area contributed by atoms with E-state index in [0.29, 0.717) is 12.5 Å². The maximum atomic E-state index is 5.93. The van der Waals surface area contributed by atoms with Gasteiger partial charge in [0.2, 0.25) is 0 Å². The second-order valence-electron chi connectivity index (χ2n) is 5.15. The van der Waals surface area contributed by atoms with Crippen molar-refractivity contribution in [3.8, 4) is 5.69 Å². The summed E-state index contributed by atoms with van der Waals surface area (Å²) in [6, 6.07) is 17.8. The van der Waals surface area contributed by atoms with Crippen LogP contribution in [0.15, 0.2) is 65.9 Å². The molecule has 0 radical (unpaired) electrons. The van der Waals surface area contributed by atoms with E-state index >= 15 is 0 Å². The van der Waals surface area contributed by atoms with Gasteiger partial charge < -0.3 is 11.1 Å². The molecule has 7 heteroatoms. The fraction of sp³-hybridized carbons (Fsp3) is 0.118. The zero-order valence-electron chi connectivity index (χ0n) is 13.3. The number of aliphatic imine (C=N–C) groups is 1. The summed E-state index contributed by atoms with van der Waals surface area (Å²) in [4.78, 5) is 4.33. The van der Waals surface area contributed by atoms with Gasteiger partial charge in [0.15, 0.2) is 11.8 Å². The van der Waals surface area contributed by atoms with Crippen molar-refractivity contribution in [3.05, 3.63) is 72.3 Å². The summed E-state index contributed by atoms with van der Waals surface area (Å²) >= 11 is 0. The number of benzene rings is 2. The predicted octanol–water partition coefficient (Wildman–Crippen LogP) is 3.12. The number of anilines is 1. The number of rotatable bonds is 4. The maximum absolute atomic E-state index is 5.93. The lowest BCUT2D eigenvalue weighted by Gasteiger charge is -2.07. The van der Waals surface area contributed by atoms with Crippen LogP contribution in [0.1, 0.15) is 11.4 Å². The molecule has 0 saturated heterocycles. The Kier molecular flexibility index (Phi) is 6.30. The zero-order valence-corrected chi connectivity index (χ0v) is 15.6. The van der Waals surface area contributed by atoms with Gasteiger partial charge in [-0.05, 0) is 31.2 Å². The van der Waals surface area contributed by atoms with Crippen LogP contribution in [0.4, 0.5) is 5.69 Å². The standard InChI is InChI=1S/C17H18N6.HI/c1-13-7-9-14(10-8-13)21-17(18)19-11-16-22-20-12-23(16)15-5-3-2-4-6-15;/h2-10,12H,11H2,1H3,(H3,18,19,21);1H. The van der Waals surface area contributed by atoms with Gasteiger partial charge in [-0.15, -0.1) is 34.2 Å². The number of halogens is 1. The Labute approximate surface area is 157 Å². The molecule has 3 aromatic rings. The smallest absolute Gasteiger partial charge is 0.193 e. The van der Waals surface area contributed by atoms with Gasteiger partial charge in [-0.1, -0.05) is 35.9 Å². The molecule has 0 saturated carbocycles. The Morgan fingerprint density at radius 3 is 2.54 bits per heavy atom. The minimum atomic E-state index is 0. The fourth-order valence-corrected chi connectivity index (χ4v) is 2.15. The van der Waals surface area contributed by atoms with Gasteiger partial charge in [0, 0.05) is 11.4 Å². The number of aromatic nitrogens is 3. The van der Waals surface area contributed by atoms with Crippen LogP contribution in [0.25, 0.3) is 5.69 Å². The second-order valence-corrected chi connectivity index (χ2v) is 5.15. The Bertz CT molecular complexity index is 795. The Balaban J connectivity index is 0.00000208. The average Bonchev–Trinajstić information content (AvgIpc) is 3.04. The molecular weight excluding hydrogens is 415 g/mol. The molecule has 1 heterocycles. The van der Waals surface area contributed by atoms with Crippen LogP contribution in [0.3, 0.4) is 0 Å². The summed E-state index contributed by atoms with van der Waals surface area (Å²) < 4.78 is 1.89. The van der Waals surface area contributed by atoms with Crippen molar-refractivity contribution in [2.24, 2.45) is 10.7 Å². The lowest BCUT2D eigenvalue weighted by Crippen LogP contribution is -2.22. The molecule has 0 spiro atoms. The third-order valence-corrected chi connectivity index (χ3v) is 3.37. The normalized spacial score (nSPS) is 11.0. The van der Waals surface area contributed by atoms with Crippen molar-refractivity contribution in [2.45, 2.75) is 13.5 Å². The molecule has 0 fully saturated rings. The van der Waals surface area contributed by atoms with Crippen LogP contribution < -0.4 is 11.1 Å². The lowest BCUT2D eigenvalue weighted by molar-refractivity contribution is 0.859. The molecular formula is C17H19IN6. The molecule has 2 aromatic carbocycles. The highest BCUT2D eigenvalue weighted by Crippen LogP contribution is 2.10. The number of hydrogen-bond donors (Lipinski definition) is 2. The minimum Gasteiger partial charge on any atom is -0.370 e. The van der Waals surface area contributed by atoms with Crippen LogP contribution in [-0.2, 0) is 6.54 Å². The Morgan fingerprint density at radius 1 is 1.12 bits per heavy atom. The SMILES string of the molecule is Cc1ccc(NC(N)=NCc2nncn2-c2ccccc2)cc1.I. The van der Waals surface area contributed by atoms with Crippen molar-refractivity contribution in [1.29, 1.82) is 0 Å². The molecule has 3 N–H and O–H groups in total. The molecule has 0 unspecified atom stereocenters. The van der Waals surface area contributed by atoms with Gasteiger partial charge in [0.1, 0.15) is 12.9 Å². The van der Waals surface area contributed by atoms with Crippen LogP contribution in [-0.4, -0.2) is 20.7 Å². The van der Waals surface area contributed by atoms with E-state index in [1.807, 2.05) is 66.1 Å². The molecule has 0 aliphatic rings. The van der Waals surface area contributed by atoms with E-state index < -0.39 is 0 Å². The number of aryl methyl sites for hydroxylation is 1. The summed E-state index contributed by atoms with van der Waals surface area (Å²) in [6.45, 7) is 2.39. The molecule has 0 aliphatic heterocycles. The first kappa shape index (κ1) is 17.9. The van der Waals surface area contributed by atoms with Crippen LogP contribution in [0.2, 0.25) is 0 Å². The number of nitrogens with zero attached hydrogens (tertiary/aromatic N) is 4. The van der Waals surface area contributed by atoms with Crippen LogP contribution >= 0.6 is 24.0 Å². The zero-order chi connectivity index (χ0) is 16.1. The van der Waals surface area contributed by atoms with Gasteiger partial charge in [-0.25, -0.2) is 4.99 Å². The summed E-state index contributed by atoms with van der Waals surface area (Å²) in [6.07, 6.45) is 1.67. The van der Waals surface area contributed by atoms with Crippen molar-refractivity contribution >= 4 is 35.6 Å². The van der Waals surface area contributed by atoms with Gasteiger partial charge in [0.25, 0.3) is 0 Å². The topological polar surface area (TPSA) is 81.1 Å². The number of hydrogen-bond acceptors (Lipinski definition) is 3. The number of nitrogens with two attached hydrogens (primary N) is 1. The van der Waals surface area contributed by atoms with Crippen LogP contribution in [0, 0.1) is 6.92 Å². The largest absolute Gasteiger partial charge is 0.370 e. The monoisotopic (exact) mass is 434 g/mol. The van der Waals surface area contributed by atoms with Gasteiger partial charge in [0.05, 0.1) is 0 Å². The summed E-state index contributed by atoms with van der Waals surface area (Å²) in [5.41, 5.74) is 9.02. The average molecular weight is 434 g/mol. The fourth-order valence-electron chi connectivity index (χ4n) is 2.15. The highest BCUT2D eigenvalue weighted by Gasteiger charge is 2.05. The van der Waals surface area contributed by atoms with Crippen molar-refractivity contribution in [2.75, 3.05) is 5.32 Å². The predicted molar refractivity (Wildman–Crippen MR) is 107 cm³/mol. The second kappa shape index (κ2) is 8.44. The summed E-state index contributed by atoms with van der Waals surface area (Å²) in [7, 11) is 0. The van der Waals surface area contributed by atoms with Crippen molar-refractivity contribution < 1.29 is 0 Å². The minimum absolute atomic E-state index is 0. The molecule has 1 aromatic heterocycles. The molecule has 0 amide bonds. The highest BCUT2D eigenvalue weighted by molar-refractivity contribution is 14.0. The highest BCUT2D eigenvalue weighted by atomic mass is 127. The molecule has 24 heavy (non-hydrogen) atoms. The van der Waals surface area contributed by atoms with E-state index in [2.05, 4.69) is 20.5 Å². The first-order valence-corrected chi connectivity index (χ1v) is 7.30. The van der Waals surface area contributed by atoms with Gasteiger partial charge >= 0.3 is 0 Å². The quantitative estimate of drug-likeness (QED) is 0.376. The first-order valence-electron chi connectivity index (χ1n) is 7.30. The third-order valence-electron chi connectivity index (χ3n) is 3.37. The molecule has 0 aliphatic carbocycles. The van der Waals surface area contributed by atoms with Gasteiger partial charge in [-0.2, -0.15) is 0 Å². The van der Waals surface area contributed by atoms with Gasteiger partial charge in [-0.3, -0.25) is 4.57 Å². The Morgan fingerprint density at radius 2 is 1.83 bits per heavy atom. The Hall–Kier alpha value is -2.42. The molecule has 0 bridgehead atoms. The third kappa shape index (κ3) is 4.54. The van der Waals surface area contributed by atoms with E-state index in [4.69, 9.17) is 5.73 Å². The molecule has 0 atom stereocenters. The summed E-state index contributed by atoms with van der Waals surface area (Å²) in [5.74, 6) is 1.07. The van der Waals surface area contributed by atoms with Crippen molar-refractivity contribution in [1.82, 2.24) is 14.8 Å². The van der Waals surface area contributed by atoms with E-state index in [-0.39, 0.29) is 24.0 Å². The maximum Gasteiger partial charge on any atom is 0.193 e. The molecule has 6 nitrogen and oxygen atoms in total. The van der Waals surface area contributed by atoms with E-state index in [9.17, 15) is 0 Å². The van der Waals surface area contributed by atoms with E-state index in [0.717, 1.165) is 17.2 Å².